The zero-order valence-corrected chi connectivity index (χ0v) is 13.6. The number of alkyl halides is 3. The molecule has 0 radical (unpaired) electrons. The van der Waals surface area contributed by atoms with Crippen LogP contribution in [0, 0.1) is 0 Å². The SMILES string of the molecule is COC(=O)c1ccc(Cc2nnc(-c3cccc(C(F)(F)F)c3)o2)cc1. The van der Waals surface area contributed by atoms with E-state index >= 15 is 0 Å². The minimum Gasteiger partial charge on any atom is -0.465 e. The lowest BCUT2D eigenvalue weighted by Crippen LogP contribution is -2.04. The number of esters is 1. The second-order valence-corrected chi connectivity index (χ2v) is 5.44. The van der Waals surface area contributed by atoms with E-state index < -0.39 is 17.7 Å². The normalized spacial score (nSPS) is 11.4. The summed E-state index contributed by atoms with van der Waals surface area (Å²) in [6.45, 7) is 0. The predicted molar refractivity (Wildman–Crippen MR) is 85.3 cm³/mol. The van der Waals surface area contributed by atoms with Crippen molar-refractivity contribution in [2.75, 3.05) is 7.11 Å². The third-order valence-corrected chi connectivity index (χ3v) is 3.63. The molecule has 2 aromatic carbocycles. The highest BCUT2D eigenvalue weighted by Crippen LogP contribution is 2.31. The van der Waals surface area contributed by atoms with E-state index in [0.29, 0.717) is 5.56 Å². The molecular weight excluding hydrogens is 349 g/mol. The summed E-state index contributed by atoms with van der Waals surface area (Å²) in [5, 5.41) is 7.67. The highest BCUT2D eigenvalue weighted by Gasteiger charge is 2.30. The molecule has 0 amide bonds. The van der Waals surface area contributed by atoms with Crippen molar-refractivity contribution < 1.29 is 27.1 Å². The Kier molecular flexibility index (Phi) is 4.75. The molecular formula is C18H13F3N2O3. The molecule has 0 unspecified atom stereocenters. The van der Waals surface area contributed by atoms with Crippen molar-refractivity contribution in [2.24, 2.45) is 0 Å². The van der Waals surface area contributed by atoms with Gasteiger partial charge in [0.1, 0.15) is 0 Å². The first-order valence-electron chi connectivity index (χ1n) is 7.54. The van der Waals surface area contributed by atoms with Crippen LogP contribution in [0.4, 0.5) is 13.2 Å². The maximum Gasteiger partial charge on any atom is 0.416 e. The molecule has 0 N–H and O–H groups in total. The molecule has 0 aliphatic heterocycles. The largest absolute Gasteiger partial charge is 0.465 e. The van der Waals surface area contributed by atoms with Gasteiger partial charge in [-0.1, -0.05) is 18.2 Å². The van der Waals surface area contributed by atoms with E-state index in [1.165, 1.54) is 19.2 Å². The molecule has 8 heteroatoms. The lowest BCUT2D eigenvalue weighted by molar-refractivity contribution is -0.137. The van der Waals surface area contributed by atoms with Crippen LogP contribution in [-0.2, 0) is 17.3 Å². The Hall–Kier alpha value is -3.16. The molecule has 3 aromatic rings. The highest BCUT2D eigenvalue weighted by atomic mass is 19.4. The first kappa shape index (κ1) is 17.7. The number of ether oxygens (including phenoxy) is 1. The standard InChI is InChI=1S/C18H13F3N2O3/c1-25-17(24)12-7-5-11(6-8-12)9-15-22-23-16(26-15)13-3-2-4-14(10-13)18(19,20)21/h2-8,10H,9H2,1H3. The zero-order chi connectivity index (χ0) is 18.7. The minimum absolute atomic E-state index is 0.0114. The fourth-order valence-electron chi connectivity index (χ4n) is 2.32. The quantitative estimate of drug-likeness (QED) is 0.653. The summed E-state index contributed by atoms with van der Waals surface area (Å²) >= 11 is 0. The molecule has 3 rings (SSSR count). The number of carbonyl (C=O) groups excluding carboxylic acids is 1. The van der Waals surface area contributed by atoms with Gasteiger partial charge < -0.3 is 9.15 Å². The van der Waals surface area contributed by atoms with E-state index in [-0.39, 0.29) is 23.8 Å². The average Bonchev–Trinajstić information content (AvgIpc) is 3.09. The number of hydrogen-bond donors (Lipinski definition) is 0. The molecule has 0 atom stereocenters. The highest BCUT2D eigenvalue weighted by molar-refractivity contribution is 5.89. The average molecular weight is 362 g/mol. The fourth-order valence-corrected chi connectivity index (χ4v) is 2.32. The van der Waals surface area contributed by atoms with Crippen LogP contribution in [0.5, 0.6) is 0 Å². The molecule has 1 aromatic heterocycles. The smallest absolute Gasteiger partial charge is 0.416 e. The van der Waals surface area contributed by atoms with E-state index in [1.807, 2.05) is 0 Å². The number of halogens is 3. The molecule has 134 valence electrons. The maximum absolute atomic E-state index is 12.8. The molecule has 0 aliphatic rings. The maximum atomic E-state index is 12.8. The summed E-state index contributed by atoms with van der Waals surface area (Å²) in [6, 6.07) is 11.3. The predicted octanol–water partition coefficient (Wildman–Crippen LogP) is 4.13. The van der Waals surface area contributed by atoms with E-state index in [4.69, 9.17) is 4.42 Å². The van der Waals surface area contributed by atoms with Crippen molar-refractivity contribution in [1.82, 2.24) is 10.2 Å². The molecule has 26 heavy (non-hydrogen) atoms. The van der Waals surface area contributed by atoms with Crippen LogP contribution in [0.3, 0.4) is 0 Å². The summed E-state index contributed by atoms with van der Waals surface area (Å²) in [5.41, 5.74) is 0.621. The Morgan fingerprint density at radius 2 is 1.85 bits per heavy atom. The first-order chi connectivity index (χ1) is 12.4. The minimum atomic E-state index is -4.44. The molecule has 0 fully saturated rings. The Balaban J connectivity index is 1.77. The van der Waals surface area contributed by atoms with E-state index in [1.54, 1.807) is 24.3 Å². The summed E-state index contributed by atoms with van der Waals surface area (Å²) in [5.74, 6) is -0.179. The molecule has 0 aliphatic carbocycles. The molecule has 0 spiro atoms. The molecule has 5 nitrogen and oxygen atoms in total. The number of aromatic nitrogens is 2. The zero-order valence-electron chi connectivity index (χ0n) is 13.6. The van der Waals surface area contributed by atoms with Gasteiger partial charge in [-0.15, -0.1) is 10.2 Å². The van der Waals surface area contributed by atoms with Gasteiger partial charge in [0.05, 0.1) is 24.7 Å². The number of carbonyl (C=O) groups is 1. The third kappa shape index (κ3) is 3.90. The van der Waals surface area contributed by atoms with Crippen LogP contribution in [0.2, 0.25) is 0 Å². The Bertz CT molecular complexity index is 918. The number of hydrogen-bond acceptors (Lipinski definition) is 5. The van der Waals surface area contributed by atoms with Gasteiger partial charge in [0.15, 0.2) is 0 Å². The van der Waals surface area contributed by atoms with Crippen LogP contribution in [0.15, 0.2) is 52.9 Å². The van der Waals surface area contributed by atoms with Gasteiger partial charge in [-0.25, -0.2) is 4.79 Å². The molecule has 1 heterocycles. The van der Waals surface area contributed by atoms with Crippen LogP contribution < -0.4 is 0 Å². The number of methoxy groups -OCH3 is 1. The molecule has 0 bridgehead atoms. The second kappa shape index (κ2) is 6.99. The van der Waals surface area contributed by atoms with Crippen LogP contribution in [-0.4, -0.2) is 23.3 Å². The lowest BCUT2D eigenvalue weighted by atomic mass is 10.1. The van der Waals surface area contributed by atoms with Gasteiger partial charge in [-0.05, 0) is 35.9 Å². The fraction of sp³-hybridized carbons (Fsp3) is 0.167. The van der Waals surface area contributed by atoms with Crippen molar-refractivity contribution in [3.05, 3.63) is 71.1 Å². The topological polar surface area (TPSA) is 65.2 Å². The van der Waals surface area contributed by atoms with Crippen molar-refractivity contribution in [1.29, 1.82) is 0 Å². The summed E-state index contributed by atoms with van der Waals surface area (Å²) in [7, 11) is 1.30. The van der Waals surface area contributed by atoms with Gasteiger partial charge in [-0.3, -0.25) is 0 Å². The van der Waals surface area contributed by atoms with E-state index in [0.717, 1.165) is 17.7 Å². The summed E-state index contributed by atoms with van der Waals surface area (Å²) in [6.07, 6.45) is -4.16. The number of nitrogens with zero attached hydrogens (tertiary/aromatic N) is 2. The Morgan fingerprint density at radius 3 is 2.50 bits per heavy atom. The monoisotopic (exact) mass is 362 g/mol. The summed E-state index contributed by atoms with van der Waals surface area (Å²) in [4.78, 5) is 11.4. The van der Waals surface area contributed by atoms with Gasteiger partial charge in [0.2, 0.25) is 11.8 Å². The van der Waals surface area contributed by atoms with Crippen molar-refractivity contribution in [3.8, 4) is 11.5 Å². The third-order valence-electron chi connectivity index (χ3n) is 3.63. The van der Waals surface area contributed by atoms with Gasteiger partial charge >= 0.3 is 12.1 Å². The summed E-state index contributed by atoms with van der Waals surface area (Å²) < 4.78 is 48.5. The molecule has 0 saturated heterocycles. The van der Waals surface area contributed by atoms with Gasteiger partial charge in [0.25, 0.3) is 0 Å². The van der Waals surface area contributed by atoms with E-state index in [9.17, 15) is 18.0 Å². The van der Waals surface area contributed by atoms with Crippen LogP contribution in [0.1, 0.15) is 27.4 Å². The number of benzene rings is 2. The van der Waals surface area contributed by atoms with E-state index in [2.05, 4.69) is 14.9 Å². The molecule has 0 saturated carbocycles. The Morgan fingerprint density at radius 1 is 1.12 bits per heavy atom. The van der Waals surface area contributed by atoms with Crippen LogP contribution >= 0.6 is 0 Å². The second-order valence-electron chi connectivity index (χ2n) is 5.44. The number of rotatable bonds is 4. The first-order valence-corrected chi connectivity index (χ1v) is 7.54. The van der Waals surface area contributed by atoms with Crippen LogP contribution in [0.25, 0.3) is 11.5 Å². The van der Waals surface area contributed by atoms with Crippen molar-refractivity contribution in [3.63, 3.8) is 0 Å². The van der Waals surface area contributed by atoms with Crippen molar-refractivity contribution in [2.45, 2.75) is 12.6 Å². The Labute approximate surface area is 146 Å². The van der Waals surface area contributed by atoms with Gasteiger partial charge in [-0.2, -0.15) is 13.2 Å². The van der Waals surface area contributed by atoms with Crippen molar-refractivity contribution >= 4 is 5.97 Å². The van der Waals surface area contributed by atoms with Gasteiger partial charge in [0, 0.05) is 5.56 Å². The lowest BCUT2D eigenvalue weighted by Gasteiger charge is -2.06.